The number of thiazole rings is 1. The molecule has 1 aromatic carbocycles. The van der Waals surface area contributed by atoms with Crippen LogP contribution in [-0.4, -0.2) is 48.8 Å². The summed E-state index contributed by atoms with van der Waals surface area (Å²) in [5, 5.41) is 0.415. The number of benzene rings is 1. The molecule has 3 rings (SSSR count). The van der Waals surface area contributed by atoms with E-state index in [4.69, 9.17) is 0 Å². The molecule has 0 radical (unpaired) electrons. The highest BCUT2D eigenvalue weighted by atomic mass is 32.2. The maximum atomic E-state index is 12.4. The van der Waals surface area contributed by atoms with Gasteiger partial charge in [0.15, 0.2) is 14.8 Å². The topological polar surface area (TPSA) is 67.3 Å². The third-order valence-corrected chi connectivity index (χ3v) is 6.33. The number of rotatable bonds is 2. The Kier molecular flexibility index (Phi) is 3.25. The van der Waals surface area contributed by atoms with E-state index in [9.17, 15) is 13.2 Å². The molecule has 1 fully saturated rings. The summed E-state index contributed by atoms with van der Waals surface area (Å²) in [7, 11) is -1.34. The molecule has 1 atom stereocenters. The molecule has 1 aliphatic heterocycles. The normalized spacial score (nSPS) is 21.1. The Balaban J connectivity index is 1.85. The van der Waals surface area contributed by atoms with Crippen molar-refractivity contribution in [2.75, 3.05) is 18.6 Å². The maximum absolute atomic E-state index is 12.4. The second-order valence-electron chi connectivity index (χ2n) is 4.96. The lowest BCUT2D eigenvalue weighted by Gasteiger charge is -2.22. The van der Waals surface area contributed by atoms with Crippen molar-refractivity contribution in [3.8, 4) is 0 Å². The summed E-state index contributed by atoms with van der Waals surface area (Å²) in [6.45, 7) is 0. The van der Waals surface area contributed by atoms with Crippen LogP contribution in [-0.2, 0) is 9.84 Å². The highest BCUT2D eigenvalue weighted by molar-refractivity contribution is 7.91. The average Bonchev–Trinajstić information content (AvgIpc) is 3.00. The van der Waals surface area contributed by atoms with Crippen LogP contribution < -0.4 is 0 Å². The van der Waals surface area contributed by atoms with Gasteiger partial charge in [-0.2, -0.15) is 0 Å². The minimum absolute atomic E-state index is 0.0557. The Labute approximate surface area is 121 Å². The number of hydrogen-bond donors (Lipinski definition) is 0. The molecule has 0 spiro atoms. The highest BCUT2D eigenvalue weighted by Gasteiger charge is 2.33. The van der Waals surface area contributed by atoms with Crippen molar-refractivity contribution in [3.05, 3.63) is 29.3 Å². The van der Waals surface area contributed by atoms with Crippen LogP contribution in [0.1, 0.15) is 16.2 Å². The fourth-order valence-electron chi connectivity index (χ4n) is 2.36. The number of aromatic nitrogens is 1. The van der Waals surface area contributed by atoms with Crippen LogP contribution in [0.15, 0.2) is 24.3 Å². The van der Waals surface area contributed by atoms with E-state index in [1.807, 2.05) is 24.3 Å². The van der Waals surface area contributed by atoms with Crippen molar-refractivity contribution < 1.29 is 13.2 Å². The number of nitrogens with zero attached hydrogens (tertiary/aromatic N) is 2. The van der Waals surface area contributed by atoms with Gasteiger partial charge in [-0.15, -0.1) is 11.3 Å². The van der Waals surface area contributed by atoms with Gasteiger partial charge < -0.3 is 4.90 Å². The summed E-state index contributed by atoms with van der Waals surface area (Å²) in [6, 6.07) is 7.33. The highest BCUT2D eigenvalue weighted by Crippen LogP contribution is 2.24. The lowest BCUT2D eigenvalue weighted by molar-refractivity contribution is 0.0747. The lowest BCUT2D eigenvalue weighted by atomic mass is 10.2. The molecule has 0 saturated carbocycles. The second-order valence-corrected chi connectivity index (χ2v) is 8.22. The zero-order valence-corrected chi connectivity index (χ0v) is 12.6. The van der Waals surface area contributed by atoms with Gasteiger partial charge in [-0.25, -0.2) is 13.4 Å². The number of amides is 1. The quantitative estimate of drug-likeness (QED) is 0.844. The summed E-state index contributed by atoms with van der Waals surface area (Å²) < 4.78 is 24.0. The van der Waals surface area contributed by atoms with Crippen LogP contribution >= 0.6 is 11.3 Å². The number of para-hydroxylation sites is 1. The van der Waals surface area contributed by atoms with Crippen LogP contribution in [0.2, 0.25) is 0 Å². The SMILES string of the molecule is CN(C(=O)c1nc2ccccc2s1)C1CCS(=O)(=O)C1. The number of carbonyl (C=O) groups excluding carboxylic acids is 1. The molecule has 1 aliphatic rings. The molecule has 1 saturated heterocycles. The fraction of sp³-hybridized carbons (Fsp3) is 0.385. The molecule has 2 heterocycles. The Morgan fingerprint density at radius 1 is 1.40 bits per heavy atom. The van der Waals surface area contributed by atoms with Gasteiger partial charge in [0.2, 0.25) is 0 Å². The van der Waals surface area contributed by atoms with Gasteiger partial charge in [-0.1, -0.05) is 12.1 Å². The van der Waals surface area contributed by atoms with Crippen molar-refractivity contribution in [3.63, 3.8) is 0 Å². The van der Waals surface area contributed by atoms with Crippen molar-refractivity contribution >= 4 is 37.3 Å². The van der Waals surface area contributed by atoms with Crippen molar-refractivity contribution in [2.24, 2.45) is 0 Å². The number of fused-ring (bicyclic) bond motifs is 1. The molecule has 5 nitrogen and oxygen atoms in total. The zero-order valence-electron chi connectivity index (χ0n) is 10.9. The summed E-state index contributed by atoms with van der Waals surface area (Å²) in [5.41, 5.74) is 0.799. The smallest absolute Gasteiger partial charge is 0.282 e. The Morgan fingerprint density at radius 3 is 2.80 bits per heavy atom. The van der Waals surface area contributed by atoms with E-state index >= 15 is 0 Å². The van der Waals surface area contributed by atoms with E-state index in [1.54, 1.807) is 7.05 Å². The summed E-state index contributed by atoms with van der Waals surface area (Å²) in [6.07, 6.45) is 0.509. The predicted molar refractivity (Wildman–Crippen MR) is 78.8 cm³/mol. The minimum atomic E-state index is -2.99. The molecule has 7 heteroatoms. The monoisotopic (exact) mass is 310 g/mol. The van der Waals surface area contributed by atoms with E-state index in [0.717, 1.165) is 10.2 Å². The first kappa shape index (κ1) is 13.5. The molecular formula is C13H14N2O3S2. The fourth-order valence-corrected chi connectivity index (χ4v) is 5.08. The number of sulfone groups is 1. The lowest BCUT2D eigenvalue weighted by Crippen LogP contribution is -2.37. The molecule has 0 N–H and O–H groups in total. The van der Waals surface area contributed by atoms with Crippen LogP contribution in [0.3, 0.4) is 0 Å². The van der Waals surface area contributed by atoms with Gasteiger partial charge in [-0.05, 0) is 18.6 Å². The van der Waals surface area contributed by atoms with Gasteiger partial charge in [0.25, 0.3) is 5.91 Å². The van der Waals surface area contributed by atoms with E-state index in [-0.39, 0.29) is 23.5 Å². The number of hydrogen-bond acceptors (Lipinski definition) is 5. The van der Waals surface area contributed by atoms with Crippen LogP contribution in [0.5, 0.6) is 0 Å². The van der Waals surface area contributed by atoms with Gasteiger partial charge in [0.05, 0.1) is 21.7 Å². The Bertz CT molecular complexity index is 734. The first-order valence-corrected chi connectivity index (χ1v) is 8.93. The van der Waals surface area contributed by atoms with E-state index in [2.05, 4.69) is 4.98 Å². The van der Waals surface area contributed by atoms with Gasteiger partial charge >= 0.3 is 0 Å². The molecule has 20 heavy (non-hydrogen) atoms. The first-order chi connectivity index (χ1) is 9.46. The van der Waals surface area contributed by atoms with Crippen LogP contribution in [0, 0.1) is 0 Å². The molecule has 1 amide bonds. The van der Waals surface area contributed by atoms with Gasteiger partial charge in [-0.3, -0.25) is 4.79 Å². The van der Waals surface area contributed by atoms with Crippen LogP contribution in [0.4, 0.5) is 0 Å². The van der Waals surface area contributed by atoms with Crippen LogP contribution in [0.25, 0.3) is 10.2 Å². The second kappa shape index (κ2) is 4.82. The van der Waals surface area contributed by atoms with E-state index < -0.39 is 9.84 Å². The summed E-state index contributed by atoms with van der Waals surface area (Å²) >= 11 is 1.34. The molecule has 106 valence electrons. The first-order valence-electron chi connectivity index (χ1n) is 6.29. The van der Waals surface area contributed by atoms with E-state index in [0.29, 0.717) is 11.4 Å². The molecule has 0 bridgehead atoms. The Hall–Kier alpha value is -1.47. The average molecular weight is 310 g/mol. The summed E-state index contributed by atoms with van der Waals surface area (Å²) in [4.78, 5) is 18.2. The molecule has 1 unspecified atom stereocenters. The van der Waals surface area contributed by atoms with Gasteiger partial charge in [0, 0.05) is 13.1 Å². The maximum Gasteiger partial charge on any atom is 0.282 e. The third kappa shape index (κ3) is 2.43. The molecular weight excluding hydrogens is 296 g/mol. The molecule has 2 aromatic rings. The molecule has 0 aliphatic carbocycles. The van der Waals surface area contributed by atoms with Gasteiger partial charge in [0.1, 0.15) is 0 Å². The van der Waals surface area contributed by atoms with Crippen molar-refractivity contribution in [1.29, 1.82) is 0 Å². The molecule has 1 aromatic heterocycles. The van der Waals surface area contributed by atoms with Crippen molar-refractivity contribution in [1.82, 2.24) is 9.88 Å². The van der Waals surface area contributed by atoms with E-state index in [1.165, 1.54) is 16.2 Å². The minimum Gasteiger partial charge on any atom is -0.336 e. The standard InChI is InChI=1S/C13H14N2O3S2/c1-15(9-6-7-20(17,18)8-9)13(16)12-14-10-4-2-3-5-11(10)19-12/h2-5,9H,6-8H2,1H3. The summed E-state index contributed by atoms with van der Waals surface area (Å²) in [5.74, 6) is 0.0169. The number of carbonyl (C=O) groups is 1. The zero-order chi connectivity index (χ0) is 14.3. The van der Waals surface area contributed by atoms with Crippen molar-refractivity contribution in [2.45, 2.75) is 12.5 Å². The predicted octanol–water partition coefficient (Wildman–Crippen LogP) is 1.56. The third-order valence-electron chi connectivity index (χ3n) is 3.55. The largest absolute Gasteiger partial charge is 0.336 e. The Morgan fingerprint density at radius 2 is 2.15 bits per heavy atom.